The fraction of sp³-hybridized carbons (Fsp3) is 0.286. The van der Waals surface area contributed by atoms with Crippen molar-refractivity contribution in [2.24, 2.45) is 11.1 Å². The Bertz CT molecular complexity index is 1240. The van der Waals surface area contributed by atoms with Gasteiger partial charge in [-0.05, 0) is 42.3 Å². The number of primary sulfonamides is 1. The Kier molecular flexibility index (Phi) is 7.97. The first-order chi connectivity index (χ1) is 14.5. The van der Waals surface area contributed by atoms with Crippen molar-refractivity contribution in [3.05, 3.63) is 59.2 Å². The Hall–Kier alpha value is -2.71. The second-order valence-corrected chi connectivity index (χ2v) is 10.1. The van der Waals surface area contributed by atoms with Crippen LogP contribution in [0.1, 0.15) is 48.2 Å². The summed E-state index contributed by atoms with van der Waals surface area (Å²) in [6.45, 7) is 3.65. The van der Waals surface area contributed by atoms with Gasteiger partial charge >= 0.3 is 0 Å². The third-order valence-corrected chi connectivity index (χ3v) is 6.87. The molecule has 0 spiro atoms. The van der Waals surface area contributed by atoms with Crippen molar-refractivity contribution in [2.45, 2.75) is 43.1 Å². The van der Waals surface area contributed by atoms with Crippen LogP contribution in [0, 0.1) is 17.8 Å². The van der Waals surface area contributed by atoms with Crippen molar-refractivity contribution in [1.82, 2.24) is 4.72 Å². The number of carbonyl (C=O) groups excluding carboxylic acids is 1. The average Bonchev–Trinajstić information content (AvgIpc) is 2.71. The van der Waals surface area contributed by atoms with Gasteiger partial charge in [0.1, 0.15) is 9.79 Å². The van der Waals surface area contributed by atoms with Crippen LogP contribution in [0.2, 0.25) is 0 Å². The van der Waals surface area contributed by atoms with Crippen LogP contribution in [0.25, 0.3) is 0 Å². The van der Waals surface area contributed by atoms with Crippen molar-refractivity contribution in [3.8, 4) is 11.8 Å². The topological polar surface area (TPSA) is 144 Å². The molecule has 1 unspecified atom stereocenters. The highest BCUT2D eigenvalue weighted by Gasteiger charge is 2.26. The number of rotatable bonds is 7. The predicted octanol–water partition coefficient (Wildman–Crippen LogP) is 1.73. The van der Waals surface area contributed by atoms with Gasteiger partial charge in [-0.1, -0.05) is 44.2 Å². The lowest BCUT2D eigenvalue weighted by Gasteiger charge is -2.11. The number of benzene rings is 2. The molecule has 0 saturated carbocycles. The van der Waals surface area contributed by atoms with E-state index in [1.54, 1.807) is 0 Å². The van der Waals surface area contributed by atoms with E-state index in [1.165, 1.54) is 30.3 Å². The molecule has 2 aromatic carbocycles. The molecule has 166 valence electrons. The Morgan fingerprint density at radius 3 is 2.35 bits per heavy atom. The zero-order valence-electron chi connectivity index (χ0n) is 17.1. The van der Waals surface area contributed by atoms with Gasteiger partial charge in [-0.15, -0.1) is 0 Å². The van der Waals surface area contributed by atoms with Crippen LogP contribution in [-0.4, -0.2) is 27.8 Å². The Morgan fingerprint density at radius 2 is 1.77 bits per heavy atom. The maximum atomic E-state index is 12.6. The minimum absolute atomic E-state index is 0.0344. The molecule has 0 heterocycles. The average molecular weight is 465 g/mol. The van der Waals surface area contributed by atoms with E-state index in [1.807, 2.05) is 11.6 Å². The standard InChI is InChI=1S/C21H24N2O6S2/c1-3-6-15(2)9-10-16-11-12-17(13-18(16)14-24)21(25)23-31(28,29)20-8-5-4-7-19(20)30(22,26)27/h4-5,7-8,11-13,15,24H,3,6,14H2,1-2H3,(H,23,25)(H2,22,26,27). The summed E-state index contributed by atoms with van der Waals surface area (Å²) in [7, 11) is -8.86. The first kappa shape index (κ1) is 24.6. The number of carbonyl (C=O) groups is 1. The van der Waals surface area contributed by atoms with Crippen molar-refractivity contribution in [3.63, 3.8) is 0 Å². The molecule has 10 heteroatoms. The van der Waals surface area contributed by atoms with Gasteiger partial charge in [-0.3, -0.25) is 4.79 Å². The third-order valence-electron chi connectivity index (χ3n) is 4.38. The van der Waals surface area contributed by atoms with Gasteiger partial charge < -0.3 is 5.11 Å². The van der Waals surface area contributed by atoms with E-state index in [-0.39, 0.29) is 11.5 Å². The number of aliphatic hydroxyl groups excluding tert-OH is 1. The van der Waals surface area contributed by atoms with Crippen LogP contribution >= 0.6 is 0 Å². The van der Waals surface area contributed by atoms with Crippen molar-refractivity contribution >= 4 is 26.0 Å². The lowest BCUT2D eigenvalue weighted by atomic mass is 10.0. The Balaban J connectivity index is 2.34. The van der Waals surface area contributed by atoms with Gasteiger partial charge in [0.05, 0.1) is 6.61 Å². The van der Waals surface area contributed by atoms with Crippen LogP contribution in [0.5, 0.6) is 0 Å². The lowest BCUT2D eigenvalue weighted by Crippen LogP contribution is -2.32. The fourth-order valence-corrected chi connectivity index (χ4v) is 5.19. The zero-order valence-corrected chi connectivity index (χ0v) is 18.8. The van der Waals surface area contributed by atoms with Crippen molar-refractivity contribution in [1.29, 1.82) is 0 Å². The number of hydrogen-bond acceptors (Lipinski definition) is 6. The molecule has 8 nitrogen and oxygen atoms in total. The van der Waals surface area contributed by atoms with Crippen LogP contribution in [0.15, 0.2) is 52.3 Å². The SMILES string of the molecule is CCCC(C)C#Cc1ccc(C(=O)NS(=O)(=O)c2ccccc2S(N)(=O)=O)cc1CO. The highest BCUT2D eigenvalue weighted by Crippen LogP contribution is 2.20. The normalized spacial score (nSPS) is 12.5. The minimum Gasteiger partial charge on any atom is -0.392 e. The van der Waals surface area contributed by atoms with E-state index in [2.05, 4.69) is 18.8 Å². The molecule has 0 fully saturated rings. The van der Waals surface area contributed by atoms with E-state index in [4.69, 9.17) is 5.14 Å². The van der Waals surface area contributed by atoms with Gasteiger partial charge in [0.25, 0.3) is 15.9 Å². The monoisotopic (exact) mass is 464 g/mol. The van der Waals surface area contributed by atoms with E-state index in [0.717, 1.165) is 25.0 Å². The number of nitrogens with two attached hydrogens (primary N) is 1. The predicted molar refractivity (Wildman–Crippen MR) is 116 cm³/mol. The summed E-state index contributed by atoms with van der Waals surface area (Å²) in [6.07, 6.45) is 1.92. The van der Waals surface area contributed by atoms with Gasteiger partial charge in [0.2, 0.25) is 10.0 Å². The van der Waals surface area contributed by atoms with E-state index >= 15 is 0 Å². The van der Waals surface area contributed by atoms with Crippen molar-refractivity contribution < 1.29 is 26.7 Å². The maximum absolute atomic E-state index is 12.6. The number of sulfonamides is 2. The number of nitrogens with one attached hydrogen (secondary N) is 1. The summed E-state index contributed by atoms with van der Waals surface area (Å²) in [5.41, 5.74) is 0.864. The molecule has 31 heavy (non-hydrogen) atoms. The highest BCUT2D eigenvalue weighted by molar-refractivity contribution is 7.92. The van der Waals surface area contributed by atoms with Gasteiger partial charge in [-0.25, -0.2) is 26.7 Å². The molecule has 0 aliphatic carbocycles. The maximum Gasteiger partial charge on any atom is 0.265 e. The summed E-state index contributed by atoms with van der Waals surface area (Å²) >= 11 is 0. The Labute approximate surface area is 182 Å². The summed E-state index contributed by atoms with van der Waals surface area (Å²) < 4.78 is 50.4. The lowest BCUT2D eigenvalue weighted by molar-refractivity contribution is 0.0981. The molecule has 2 aromatic rings. The quantitative estimate of drug-likeness (QED) is 0.533. The van der Waals surface area contributed by atoms with Crippen LogP contribution in [0.3, 0.4) is 0 Å². The largest absolute Gasteiger partial charge is 0.392 e. The summed E-state index contributed by atoms with van der Waals surface area (Å²) in [5, 5.41) is 14.7. The number of hydrogen-bond donors (Lipinski definition) is 3. The van der Waals surface area contributed by atoms with Crippen LogP contribution < -0.4 is 9.86 Å². The second kappa shape index (κ2) is 10.1. The molecule has 1 atom stereocenters. The summed E-state index contributed by atoms with van der Waals surface area (Å²) in [5.74, 6) is 5.23. The van der Waals surface area contributed by atoms with Gasteiger partial charge in [-0.2, -0.15) is 0 Å². The highest BCUT2D eigenvalue weighted by atomic mass is 32.2. The fourth-order valence-electron chi connectivity index (χ4n) is 2.84. The van der Waals surface area contributed by atoms with Gasteiger partial charge in [0, 0.05) is 17.0 Å². The zero-order chi connectivity index (χ0) is 23.2. The molecule has 0 aliphatic rings. The van der Waals surface area contributed by atoms with Crippen LogP contribution in [0.4, 0.5) is 0 Å². The number of aliphatic hydroxyl groups is 1. The van der Waals surface area contributed by atoms with Crippen LogP contribution in [-0.2, 0) is 26.7 Å². The third kappa shape index (κ3) is 6.38. The molecule has 0 radical (unpaired) electrons. The molecular weight excluding hydrogens is 440 g/mol. The Morgan fingerprint density at radius 1 is 1.13 bits per heavy atom. The van der Waals surface area contributed by atoms with E-state index in [9.17, 15) is 26.7 Å². The smallest absolute Gasteiger partial charge is 0.265 e. The molecular formula is C21H24N2O6S2. The van der Waals surface area contributed by atoms with E-state index in [0.29, 0.717) is 11.1 Å². The second-order valence-electron chi connectivity index (χ2n) is 6.92. The minimum atomic E-state index is -4.53. The molecule has 0 aliphatic heterocycles. The molecule has 0 saturated heterocycles. The molecule has 4 N–H and O–H groups in total. The van der Waals surface area contributed by atoms with E-state index < -0.39 is 42.4 Å². The molecule has 0 aromatic heterocycles. The first-order valence-electron chi connectivity index (χ1n) is 9.44. The molecule has 0 bridgehead atoms. The molecule has 1 amide bonds. The summed E-state index contributed by atoms with van der Waals surface area (Å²) in [4.78, 5) is 11.3. The first-order valence-corrected chi connectivity index (χ1v) is 12.5. The van der Waals surface area contributed by atoms with Gasteiger partial charge in [0.15, 0.2) is 0 Å². The molecule has 2 rings (SSSR count). The number of amides is 1. The van der Waals surface area contributed by atoms with Crippen molar-refractivity contribution in [2.75, 3.05) is 0 Å². The summed E-state index contributed by atoms with van der Waals surface area (Å²) in [6, 6.07) is 8.93.